The van der Waals surface area contributed by atoms with Crippen molar-refractivity contribution in [1.29, 1.82) is 0 Å². The highest BCUT2D eigenvalue weighted by molar-refractivity contribution is 9.10. The molecule has 0 bridgehead atoms. The average molecular weight is 320 g/mol. The summed E-state index contributed by atoms with van der Waals surface area (Å²) in [5.41, 5.74) is 1.28. The second kappa shape index (κ2) is 4.93. The van der Waals surface area contributed by atoms with Crippen LogP contribution in [0.25, 0.3) is 23.2 Å². The Hall–Kier alpha value is -2.02. The molecule has 0 unspecified atom stereocenters. The van der Waals surface area contributed by atoms with Crippen molar-refractivity contribution in [3.8, 4) is 23.2 Å². The molecule has 0 amide bonds. The zero-order chi connectivity index (χ0) is 13.2. The number of rotatable bonds is 3. The van der Waals surface area contributed by atoms with Crippen LogP contribution in [0.4, 0.5) is 0 Å². The Morgan fingerprint density at radius 3 is 2.79 bits per heavy atom. The molecule has 3 aromatic rings. The molecule has 0 aromatic carbocycles. The fraction of sp³-hybridized carbons (Fsp3) is 0.167. The largest absolute Gasteiger partial charge is 0.413 e. The van der Waals surface area contributed by atoms with Gasteiger partial charge < -0.3 is 4.42 Å². The van der Waals surface area contributed by atoms with Crippen molar-refractivity contribution < 1.29 is 4.42 Å². The van der Waals surface area contributed by atoms with E-state index in [1.165, 1.54) is 0 Å². The highest BCUT2D eigenvalue weighted by Gasteiger charge is 2.16. The van der Waals surface area contributed by atoms with Crippen LogP contribution in [0.15, 0.2) is 39.5 Å². The van der Waals surface area contributed by atoms with Gasteiger partial charge in [-0.3, -0.25) is 9.67 Å². The van der Waals surface area contributed by atoms with E-state index < -0.39 is 0 Å². The Morgan fingerprint density at radius 1 is 1.26 bits per heavy atom. The zero-order valence-electron chi connectivity index (χ0n) is 10.1. The molecule has 7 heteroatoms. The van der Waals surface area contributed by atoms with Crippen molar-refractivity contribution in [3.63, 3.8) is 0 Å². The molecule has 0 spiro atoms. The first-order valence-electron chi connectivity index (χ1n) is 5.76. The monoisotopic (exact) mass is 319 g/mol. The molecule has 6 nitrogen and oxygen atoms in total. The summed E-state index contributed by atoms with van der Waals surface area (Å²) < 4.78 is 8.22. The quantitative estimate of drug-likeness (QED) is 0.742. The molecule has 0 N–H and O–H groups in total. The Kier molecular flexibility index (Phi) is 3.12. The third-order valence-electron chi connectivity index (χ3n) is 2.55. The fourth-order valence-corrected chi connectivity index (χ4v) is 2.10. The number of aromatic nitrogens is 5. The van der Waals surface area contributed by atoms with Gasteiger partial charge >= 0.3 is 0 Å². The highest BCUT2D eigenvalue weighted by Crippen LogP contribution is 2.27. The Bertz CT molecular complexity index is 691. The van der Waals surface area contributed by atoms with Crippen LogP contribution in [0.1, 0.15) is 6.92 Å². The lowest BCUT2D eigenvalue weighted by Crippen LogP contribution is -1.93. The SMILES string of the molecule is CCn1cc(Br)c(-c2nnc(-c3ccccn3)o2)n1. The lowest BCUT2D eigenvalue weighted by molar-refractivity contribution is 0.574. The van der Waals surface area contributed by atoms with Crippen molar-refractivity contribution in [1.82, 2.24) is 25.0 Å². The molecule has 0 saturated heterocycles. The first-order chi connectivity index (χ1) is 9.28. The van der Waals surface area contributed by atoms with E-state index in [4.69, 9.17) is 4.42 Å². The molecule has 96 valence electrons. The molecular formula is C12H10BrN5O. The normalized spacial score (nSPS) is 10.8. The van der Waals surface area contributed by atoms with Gasteiger partial charge in [0.05, 0.1) is 4.47 Å². The maximum absolute atomic E-state index is 5.60. The van der Waals surface area contributed by atoms with Crippen LogP contribution in [0, 0.1) is 0 Å². The van der Waals surface area contributed by atoms with E-state index in [0.29, 0.717) is 23.2 Å². The molecule has 3 rings (SSSR count). The van der Waals surface area contributed by atoms with E-state index in [1.807, 2.05) is 31.3 Å². The van der Waals surface area contributed by atoms with Gasteiger partial charge in [0, 0.05) is 18.9 Å². The second-order valence-corrected chi connectivity index (χ2v) is 4.66. The van der Waals surface area contributed by atoms with Crippen LogP contribution in [-0.4, -0.2) is 25.0 Å². The lowest BCUT2D eigenvalue weighted by atomic mass is 10.3. The number of hydrogen-bond acceptors (Lipinski definition) is 5. The lowest BCUT2D eigenvalue weighted by Gasteiger charge is -1.92. The van der Waals surface area contributed by atoms with Gasteiger partial charge in [-0.1, -0.05) is 6.07 Å². The van der Waals surface area contributed by atoms with E-state index in [2.05, 4.69) is 36.2 Å². The van der Waals surface area contributed by atoms with Gasteiger partial charge in [-0.05, 0) is 35.0 Å². The Morgan fingerprint density at radius 2 is 2.11 bits per heavy atom. The van der Waals surface area contributed by atoms with Crippen LogP contribution in [0.2, 0.25) is 0 Å². The Labute approximate surface area is 117 Å². The first-order valence-corrected chi connectivity index (χ1v) is 6.55. The predicted molar refractivity (Wildman–Crippen MR) is 72.1 cm³/mol. The summed E-state index contributed by atoms with van der Waals surface area (Å²) in [7, 11) is 0. The van der Waals surface area contributed by atoms with Crippen LogP contribution >= 0.6 is 15.9 Å². The number of halogens is 1. The standard InChI is InChI=1S/C12H10BrN5O/c1-2-18-7-8(13)10(17-18)12-16-15-11(19-12)9-5-3-4-6-14-9/h3-7H,2H2,1H3. The van der Waals surface area contributed by atoms with Gasteiger partial charge in [-0.15, -0.1) is 10.2 Å². The van der Waals surface area contributed by atoms with Crippen molar-refractivity contribution in [2.24, 2.45) is 0 Å². The molecule has 0 fully saturated rings. The van der Waals surface area contributed by atoms with Gasteiger partial charge in [-0.25, -0.2) is 0 Å². The summed E-state index contributed by atoms with van der Waals surface area (Å²) in [5, 5.41) is 12.4. The molecule has 0 radical (unpaired) electrons. The van der Waals surface area contributed by atoms with Gasteiger partial charge in [0.25, 0.3) is 11.8 Å². The third kappa shape index (κ3) is 2.28. The molecule has 3 heterocycles. The number of pyridine rings is 1. The third-order valence-corrected chi connectivity index (χ3v) is 3.13. The highest BCUT2D eigenvalue weighted by atomic mass is 79.9. The average Bonchev–Trinajstić information content (AvgIpc) is 3.06. The maximum Gasteiger partial charge on any atom is 0.269 e. The molecule has 0 aliphatic carbocycles. The van der Waals surface area contributed by atoms with Crippen LogP contribution in [-0.2, 0) is 6.54 Å². The summed E-state index contributed by atoms with van der Waals surface area (Å²) in [6.45, 7) is 2.79. The summed E-state index contributed by atoms with van der Waals surface area (Å²) in [6.07, 6.45) is 3.56. The molecular weight excluding hydrogens is 310 g/mol. The van der Waals surface area contributed by atoms with Crippen molar-refractivity contribution >= 4 is 15.9 Å². The minimum atomic E-state index is 0.375. The van der Waals surface area contributed by atoms with E-state index in [9.17, 15) is 0 Å². The number of hydrogen-bond donors (Lipinski definition) is 0. The first kappa shape index (κ1) is 12.0. The smallest absolute Gasteiger partial charge is 0.269 e. The van der Waals surface area contributed by atoms with Gasteiger partial charge in [0.15, 0.2) is 5.69 Å². The molecule has 3 aromatic heterocycles. The number of aryl methyl sites for hydroxylation is 1. The molecule has 0 aliphatic heterocycles. The van der Waals surface area contributed by atoms with Crippen LogP contribution < -0.4 is 0 Å². The summed E-state index contributed by atoms with van der Waals surface area (Å²) >= 11 is 3.43. The molecule has 0 aliphatic rings. The molecule has 19 heavy (non-hydrogen) atoms. The van der Waals surface area contributed by atoms with Gasteiger partial charge in [0.1, 0.15) is 5.69 Å². The Balaban J connectivity index is 1.99. The minimum Gasteiger partial charge on any atom is -0.413 e. The number of nitrogens with zero attached hydrogens (tertiary/aromatic N) is 5. The van der Waals surface area contributed by atoms with Gasteiger partial charge in [-0.2, -0.15) is 5.10 Å². The van der Waals surface area contributed by atoms with E-state index in [0.717, 1.165) is 11.0 Å². The van der Waals surface area contributed by atoms with E-state index in [-0.39, 0.29) is 0 Å². The topological polar surface area (TPSA) is 69.6 Å². The minimum absolute atomic E-state index is 0.375. The summed E-state index contributed by atoms with van der Waals surface area (Å²) in [6, 6.07) is 5.52. The van der Waals surface area contributed by atoms with Crippen LogP contribution in [0.5, 0.6) is 0 Å². The predicted octanol–water partition coefficient (Wildman–Crippen LogP) is 2.78. The second-order valence-electron chi connectivity index (χ2n) is 3.81. The van der Waals surface area contributed by atoms with Gasteiger partial charge in [0.2, 0.25) is 0 Å². The van der Waals surface area contributed by atoms with Crippen molar-refractivity contribution in [3.05, 3.63) is 35.1 Å². The summed E-state index contributed by atoms with van der Waals surface area (Å²) in [5.74, 6) is 0.758. The maximum atomic E-state index is 5.60. The van der Waals surface area contributed by atoms with E-state index in [1.54, 1.807) is 10.9 Å². The molecule has 0 saturated carbocycles. The molecule has 0 atom stereocenters. The van der Waals surface area contributed by atoms with Crippen molar-refractivity contribution in [2.75, 3.05) is 0 Å². The van der Waals surface area contributed by atoms with Crippen molar-refractivity contribution in [2.45, 2.75) is 13.5 Å². The van der Waals surface area contributed by atoms with Crippen LogP contribution in [0.3, 0.4) is 0 Å². The summed E-state index contributed by atoms with van der Waals surface area (Å²) in [4.78, 5) is 4.17. The fourth-order valence-electron chi connectivity index (χ4n) is 1.62. The van der Waals surface area contributed by atoms with E-state index >= 15 is 0 Å². The zero-order valence-corrected chi connectivity index (χ0v) is 11.7.